The van der Waals surface area contributed by atoms with Crippen molar-refractivity contribution in [3.63, 3.8) is 0 Å². The van der Waals surface area contributed by atoms with Crippen molar-refractivity contribution in [3.8, 4) is 0 Å². The SMILES string of the molecule is [B]c1ccc(C(C)(O)C2CC3CCC(C2)N3C(=O)OCc2ccccc2)cc1. The van der Waals surface area contributed by atoms with E-state index < -0.39 is 5.60 Å². The number of ether oxygens (including phenoxy) is 1. The minimum Gasteiger partial charge on any atom is -0.445 e. The van der Waals surface area contributed by atoms with Crippen LogP contribution < -0.4 is 5.46 Å². The third-order valence-corrected chi connectivity index (χ3v) is 6.44. The number of carbonyl (C=O) groups is 1. The van der Waals surface area contributed by atoms with E-state index in [0.29, 0.717) is 12.1 Å². The quantitative estimate of drug-likeness (QED) is 0.835. The second-order valence-electron chi connectivity index (χ2n) is 8.27. The lowest BCUT2D eigenvalue weighted by molar-refractivity contribution is -0.0491. The summed E-state index contributed by atoms with van der Waals surface area (Å²) in [4.78, 5) is 14.6. The Morgan fingerprint density at radius 1 is 1.11 bits per heavy atom. The van der Waals surface area contributed by atoms with Crippen molar-refractivity contribution in [1.29, 1.82) is 0 Å². The van der Waals surface area contributed by atoms with Crippen LogP contribution in [0.15, 0.2) is 54.6 Å². The number of hydrogen-bond donors (Lipinski definition) is 1. The van der Waals surface area contributed by atoms with Gasteiger partial charge in [0.25, 0.3) is 0 Å². The number of nitrogens with zero attached hydrogens (tertiary/aromatic N) is 1. The molecule has 2 aliphatic rings. The van der Waals surface area contributed by atoms with E-state index in [9.17, 15) is 9.90 Å². The van der Waals surface area contributed by atoms with Crippen LogP contribution in [0.25, 0.3) is 0 Å². The number of carbonyl (C=O) groups excluding carboxylic acids is 1. The topological polar surface area (TPSA) is 49.8 Å². The first-order valence-electron chi connectivity index (χ1n) is 10.0. The Kier molecular flexibility index (Phi) is 5.20. The Morgan fingerprint density at radius 3 is 2.32 bits per heavy atom. The highest BCUT2D eigenvalue weighted by atomic mass is 16.6. The summed E-state index contributed by atoms with van der Waals surface area (Å²) in [5.41, 5.74) is 1.63. The van der Waals surface area contributed by atoms with Gasteiger partial charge in [-0.25, -0.2) is 4.79 Å². The Balaban J connectivity index is 1.42. The van der Waals surface area contributed by atoms with Crippen molar-refractivity contribution in [2.45, 2.75) is 56.9 Å². The van der Waals surface area contributed by atoms with E-state index in [1.165, 1.54) is 0 Å². The molecule has 2 saturated heterocycles. The van der Waals surface area contributed by atoms with Gasteiger partial charge in [-0.1, -0.05) is 60.1 Å². The number of aliphatic hydroxyl groups is 1. The number of amides is 1. The highest BCUT2D eigenvalue weighted by Gasteiger charge is 2.49. The lowest BCUT2D eigenvalue weighted by Gasteiger charge is -2.43. The molecule has 144 valence electrons. The molecule has 4 nitrogen and oxygen atoms in total. The maximum atomic E-state index is 12.7. The summed E-state index contributed by atoms with van der Waals surface area (Å²) in [7, 11) is 5.78. The fourth-order valence-corrected chi connectivity index (χ4v) is 4.78. The van der Waals surface area contributed by atoms with E-state index in [2.05, 4.69) is 0 Å². The highest BCUT2D eigenvalue weighted by molar-refractivity contribution is 6.32. The molecule has 2 fully saturated rings. The van der Waals surface area contributed by atoms with Gasteiger partial charge in [0.15, 0.2) is 0 Å². The number of hydrogen-bond acceptors (Lipinski definition) is 3. The van der Waals surface area contributed by atoms with Gasteiger partial charge < -0.3 is 14.7 Å². The molecule has 4 rings (SSSR count). The van der Waals surface area contributed by atoms with Crippen LogP contribution in [0.4, 0.5) is 4.79 Å². The van der Waals surface area contributed by atoms with Gasteiger partial charge in [-0.15, -0.1) is 0 Å². The van der Waals surface area contributed by atoms with Gasteiger partial charge in [-0.3, -0.25) is 0 Å². The van der Waals surface area contributed by atoms with Gasteiger partial charge in [-0.2, -0.15) is 0 Å². The van der Waals surface area contributed by atoms with Crippen LogP contribution in [-0.2, 0) is 16.9 Å². The molecule has 3 atom stereocenters. The second-order valence-corrected chi connectivity index (χ2v) is 8.27. The predicted octanol–water partition coefficient (Wildman–Crippen LogP) is 3.27. The number of benzene rings is 2. The number of piperidine rings is 1. The van der Waals surface area contributed by atoms with Gasteiger partial charge in [-0.05, 0) is 49.7 Å². The lowest BCUT2D eigenvalue weighted by atomic mass is 9.74. The van der Waals surface area contributed by atoms with Crippen molar-refractivity contribution in [3.05, 3.63) is 65.7 Å². The molecular weight excluding hydrogens is 349 g/mol. The fraction of sp³-hybridized carbons (Fsp3) is 0.435. The molecule has 0 spiro atoms. The van der Waals surface area contributed by atoms with Gasteiger partial charge in [0, 0.05) is 12.1 Å². The summed E-state index contributed by atoms with van der Waals surface area (Å²) < 4.78 is 5.58. The molecule has 2 aromatic carbocycles. The van der Waals surface area contributed by atoms with E-state index in [-0.39, 0.29) is 24.1 Å². The first-order chi connectivity index (χ1) is 13.4. The molecule has 2 bridgehead atoms. The molecule has 2 heterocycles. The normalized spacial score (nSPS) is 25.9. The summed E-state index contributed by atoms with van der Waals surface area (Å²) in [5.74, 6) is 0.104. The number of fused-ring (bicyclic) bond motifs is 2. The zero-order valence-electron chi connectivity index (χ0n) is 16.3. The van der Waals surface area contributed by atoms with Crippen LogP contribution in [0.5, 0.6) is 0 Å². The van der Waals surface area contributed by atoms with Crippen LogP contribution in [-0.4, -0.2) is 36.0 Å². The molecule has 28 heavy (non-hydrogen) atoms. The molecule has 2 aliphatic heterocycles. The maximum absolute atomic E-state index is 12.7. The third kappa shape index (κ3) is 3.68. The third-order valence-electron chi connectivity index (χ3n) is 6.44. The Hall–Kier alpha value is -2.27. The molecule has 1 amide bonds. The van der Waals surface area contributed by atoms with Crippen molar-refractivity contribution < 1.29 is 14.6 Å². The van der Waals surface area contributed by atoms with E-state index in [4.69, 9.17) is 12.6 Å². The highest BCUT2D eigenvalue weighted by Crippen LogP contribution is 2.46. The van der Waals surface area contributed by atoms with Crippen molar-refractivity contribution >= 4 is 19.4 Å². The smallest absolute Gasteiger partial charge is 0.410 e. The first-order valence-corrected chi connectivity index (χ1v) is 10.0. The average molecular weight is 375 g/mol. The second kappa shape index (κ2) is 7.63. The van der Waals surface area contributed by atoms with Crippen LogP contribution in [0.2, 0.25) is 0 Å². The summed E-state index contributed by atoms with van der Waals surface area (Å²) in [5, 5.41) is 11.3. The first kappa shape index (κ1) is 19.1. The lowest BCUT2D eigenvalue weighted by Crippen LogP contribution is -2.50. The Morgan fingerprint density at radius 2 is 1.71 bits per heavy atom. The largest absolute Gasteiger partial charge is 0.445 e. The summed E-state index contributed by atoms with van der Waals surface area (Å²) >= 11 is 0. The van der Waals surface area contributed by atoms with Crippen LogP contribution in [0.1, 0.15) is 43.7 Å². The minimum absolute atomic E-state index is 0.104. The van der Waals surface area contributed by atoms with E-state index in [1.807, 2.05) is 66.4 Å². The minimum atomic E-state index is -0.936. The van der Waals surface area contributed by atoms with E-state index in [0.717, 1.165) is 36.8 Å². The summed E-state index contributed by atoms with van der Waals surface area (Å²) in [6.45, 7) is 2.17. The van der Waals surface area contributed by atoms with Crippen molar-refractivity contribution in [1.82, 2.24) is 4.90 Å². The maximum Gasteiger partial charge on any atom is 0.410 e. The molecule has 2 radical (unpaired) electrons. The zero-order valence-corrected chi connectivity index (χ0v) is 16.3. The summed E-state index contributed by atoms with van der Waals surface area (Å²) in [6, 6.07) is 17.5. The molecule has 1 N–H and O–H groups in total. The van der Waals surface area contributed by atoms with Crippen molar-refractivity contribution in [2.75, 3.05) is 0 Å². The molecule has 0 saturated carbocycles. The summed E-state index contributed by atoms with van der Waals surface area (Å²) in [6.07, 6.45) is 3.28. The zero-order chi connectivity index (χ0) is 19.7. The van der Waals surface area contributed by atoms with Crippen LogP contribution >= 0.6 is 0 Å². The average Bonchev–Trinajstić information content (AvgIpc) is 2.96. The van der Waals surface area contributed by atoms with Gasteiger partial charge in [0.05, 0.1) is 5.60 Å². The van der Waals surface area contributed by atoms with Crippen LogP contribution in [0.3, 0.4) is 0 Å². The molecule has 3 unspecified atom stereocenters. The van der Waals surface area contributed by atoms with Crippen molar-refractivity contribution in [2.24, 2.45) is 5.92 Å². The monoisotopic (exact) mass is 375 g/mol. The van der Waals surface area contributed by atoms with Gasteiger partial charge in [0.2, 0.25) is 0 Å². The molecule has 0 aliphatic carbocycles. The standard InChI is InChI=1S/C23H26BNO3/c1-23(27,17-7-9-19(24)10-8-17)18-13-20-11-12-21(14-18)25(20)22(26)28-15-16-5-3-2-4-6-16/h2-10,18,20-21,27H,11-15H2,1H3. The Labute approximate surface area is 167 Å². The molecule has 5 heteroatoms. The van der Waals surface area contributed by atoms with E-state index in [1.54, 1.807) is 0 Å². The predicted molar refractivity (Wildman–Crippen MR) is 109 cm³/mol. The van der Waals surface area contributed by atoms with Gasteiger partial charge in [0.1, 0.15) is 14.5 Å². The fourth-order valence-electron chi connectivity index (χ4n) is 4.78. The van der Waals surface area contributed by atoms with Gasteiger partial charge >= 0.3 is 6.09 Å². The number of rotatable bonds is 4. The van der Waals surface area contributed by atoms with E-state index >= 15 is 0 Å². The molecule has 0 aromatic heterocycles. The van der Waals surface area contributed by atoms with Crippen LogP contribution in [0, 0.1) is 5.92 Å². The Bertz CT molecular complexity index is 808. The molecule has 2 aromatic rings. The molecular formula is C23H26BNO3.